The molecule has 1 saturated heterocycles. The highest BCUT2D eigenvalue weighted by Crippen LogP contribution is 2.24. The van der Waals surface area contributed by atoms with Crippen LogP contribution < -0.4 is 10.2 Å². The number of nitrogens with zero attached hydrogens (tertiary/aromatic N) is 1. The van der Waals surface area contributed by atoms with Crippen molar-refractivity contribution >= 4 is 46.6 Å². The van der Waals surface area contributed by atoms with Crippen molar-refractivity contribution in [1.82, 2.24) is 0 Å². The molecule has 1 aliphatic heterocycles. The number of cyclic esters (lactones) is 1. The van der Waals surface area contributed by atoms with E-state index in [0.29, 0.717) is 40.1 Å². The zero-order chi connectivity index (χ0) is 16.4. The molecular weight excluding hydrogens is 339 g/mol. The Morgan fingerprint density at radius 3 is 2.52 bits per heavy atom. The number of rotatable bonds is 3. The summed E-state index contributed by atoms with van der Waals surface area (Å²) in [4.78, 5) is 25.4. The first-order valence-corrected chi connectivity index (χ1v) is 7.60. The fraction of sp³-hybridized carbons (Fsp3) is 0.125. The van der Waals surface area contributed by atoms with Crippen molar-refractivity contribution in [2.75, 3.05) is 23.4 Å². The average molecular weight is 351 g/mol. The number of halogens is 2. The number of nitrogens with one attached hydrogen (secondary N) is 1. The Hall–Kier alpha value is -2.24. The maximum atomic E-state index is 12.4. The Morgan fingerprint density at radius 2 is 1.87 bits per heavy atom. The molecule has 1 aliphatic rings. The minimum absolute atomic E-state index is 0.322. The molecule has 7 heteroatoms. The molecule has 0 bridgehead atoms. The van der Waals surface area contributed by atoms with Crippen LogP contribution in [0.2, 0.25) is 10.0 Å². The van der Waals surface area contributed by atoms with Gasteiger partial charge in [0.2, 0.25) is 0 Å². The van der Waals surface area contributed by atoms with E-state index in [0.717, 1.165) is 0 Å². The van der Waals surface area contributed by atoms with Crippen LogP contribution >= 0.6 is 23.2 Å². The van der Waals surface area contributed by atoms with Crippen molar-refractivity contribution in [2.24, 2.45) is 0 Å². The van der Waals surface area contributed by atoms with Crippen LogP contribution in [0.4, 0.5) is 16.2 Å². The molecule has 23 heavy (non-hydrogen) atoms. The molecule has 0 aliphatic carbocycles. The van der Waals surface area contributed by atoms with Crippen molar-refractivity contribution in [3.8, 4) is 0 Å². The highest BCUT2D eigenvalue weighted by molar-refractivity contribution is 6.35. The molecule has 0 saturated carbocycles. The molecule has 0 spiro atoms. The van der Waals surface area contributed by atoms with E-state index in [2.05, 4.69) is 5.32 Å². The van der Waals surface area contributed by atoms with Gasteiger partial charge in [-0.2, -0.15) is 0 Å². The Balaban J connectivity index is 1.81. The van der Waals surface area contributed by atoms with E-state index in [9.17, 15) is 9.59 Å². The van der Waals surface area contributed by atoms with Crippen LogP contribution in [0.3, 0.4) is 0 Å². The van der Waals surface area contributed by atoms with E-state index in [1.54, 1.807) is 42.5 Å². The maximum absolute atomic E-state index is 12.4. The van der Waals surface area contributed by atoms with Gasteiger partial charge in [0.25, 0.3) is 5.91 Å². The minimum Gasteiger partial charge on any atom is -0.447 e. The van der Waals surface area contributed by atoms with E-state index in [4.69, 9.17) is 27.9 Å². The predicted octanol–water partition coefficient (Wildman–Crippen LogP) is 4.20. The van der Waals surface area contributed by atoms with Gasteiger partial charge >= 0.3 is 6.09 Å². The first-order valence-electron chi connectivity index (χ1n) is 6.85. The van der Waals surface area contributed by atoms with Gasteiger partial charge in [-0.3, -0.25) is 9.69 Å². The topological polar surface area (TPSA) is 58.6 Å². The Labute approximate surface area is 142 Å². The number of hydrogen-bond donors (Lipinski definition) is 1. The quantitative estimate of drug-likeness (QED) is 0.902. The molecule has 3 rings (SSSR count). The highest BCUT2D eigenvalue weighted by Gasteiger charge is 2.24. The van der Waals surface area contributed by atoms with Gasteiger partial charge in [0.1, 0.15) is 6.61 Å². The summed E-state index contributed by atoms with van der Waals surface area (Å²) in [7, 11) is 0. The number of ether oxygens (including phenoxy) is 1. The Morgan fingerprint density at radius 1 is 1.13 bits per heavy atom. The summed E-state index contributed by atoms with van der Waals surface area (Å²) in [5.74, 6) is -0.322. The maximum Gasteiger partial charge on any atom is 0.414 e. The molecule has 0 atom stereocenters. The van der Waals surface area contributed by atoms with Gasteiger partial charge in [-0.15, -0.1) is 0 Å². The minimum atomic E-state index is -0.413. The normalized spacial score (nSPS) is 13.8. The lowest BCUT2D eigenvalue weighted by atomic mass is 10.1. The van der Waals surface area contributed by atoms with Crippen LogP contribution in [0.5, 0.6) is 0 Å². The lowest BCUT2D eigenvalue weighted by molar-refractivity contribution is 0.102. The smallest absolute Gasteiger partial charge is 0.414 e. The number of carbonyl (C=O) groups is 2. The standard InChI is InChI=1S/C16H12Cl2N2O3/c17-11-7-12(18)9-13(8-11)19-15(21)10-2-1-3-14(6-10)20-4-5-23-16(20)22/h1-3,6-9H,4-5H2,(H,19,21). The van der Waals surface area contributed by atoms with E-state index in [-0.39, 0.29) is 5.91 Å². The van der Waals surface area contributed by atoms with Crippen molar-refractivity contribution < 1.29 is 14.3 Å². The zero-order valence-corrected chi connectivity index (χ0v) is 13.4. The molecule has 0 aromatic heterocycles. The number of carbonyl (C=O) groups excluding carboxylic acids is 2. The van der Waals surface area contributed by atoms with Gasteiger partial charge in [-0.25, -0.2) is 4.79 Å². The van der Waals surface area contributed by atoms with Gasteiger partial charge in [0.05, 0.1) is 6.54 Å². The van der Waals surface area contributed by atoms with Crippen LogP contribution in [-0.4, -0.2) is 25.2 Å². The molecule has 2 aromatic rings. The average Bonchev–Trinajstić information content (AvgIpc) is 2.92. The van der Waals surface area contributed by atoms with Crippen LogP contribution in [0.1, 0.15) is 10.4 Å². The number of hydrogen-bond acceptors (Lipinski definition) is 3. The molecule has 0 radical (unpaired) electrons. The second-order valence-electron chi connectivity index (χ2n) is 4.93. The van der Waals surface area contributed by atoms with Gasteiger partial charge in [0.15, 0.2) is 0 Å². The van der Waals surface area contributed by atoms with Gasteiger partial charge in [-0.1, -0.05) is 29.3 Å². The van der Waals surface area contributed by atoms with Crippen molar-refractivity contribution in [3.05, 3.63) is 58.1 Å². The fourth-order valence-corrected chi connectivity index (χ4v) is 2.80. The van der Waals surface area contributed by atoms with Crippen LogP contribution in [0.25, 0.3) is 0 Å². The van der Waals surface area contributed by atoms with Crippen molar-refractivity contribution in [3.63, 3.8) is 0 Å². The summed E-state index contributed by atoms with van der Waals surface area (Å²) in [6, 6.07) is 11.5. The van der Waals surface area contributed by atoms with Gasteiger partial charge < -0.3 is 10.1 Å². The van der Waals surface area contributed by atoms with Crippen LogP contribution in [0.15, 0.2) is 42.5 Å². The molecule has 2 aromatic carbocycles. The SMILES string of the molecule is O=C(Nc1cc(Cl)cc(Cl)c1)c1cccc(N2CCOC2=O)c1. The molecule has 0 unspecified atom stereocenters. The van der Waals surface area contributed by atoms with E-state index < -0.39 is 6.09 Å². The van der Waals surface area contributed by atoms with Gasteiger partial charge in [-0.05, 0) is 36.4 Å². The number of benzene rings is 2. The summed E-state index contributed by atoms with van der Waals surface area (Å²) in [6.45, 7) is 0.810. The number of amides is 2. The molecule has 118 valence electrons. The third kappa shape index (κ3) is 3.57. The molecule has 1 fully saturated rings. The highest BCUT2D eigenvalue weighted by atomic mass is 35.5. The third-order valence-electron chi connectivity index (χ3n) is 3.30. The van der Waals surface area contributed by atoms with E-state index in [1.165, 1.54) is 4.90 Å². The monoisotopic (exact) mass is 350 g/mol. The van der Waals surface area contributed by atoms with Gasteiger partial charge in [0, 0.05) is 27.0 Å². The van der Waals surface area contributed by atoms with E-state index >= 15 is 0 Å². The van der Waals surface area contributed by atoms with Crippen LogP contribution in [0, 0.1) is 0 Å². The lowest BCUT2D eigenvalue weighted by Crippen LogP contribution is -2.23. The number of anilines is 2. The molecule has 1 N–H and O–H groups in total. The predicted molar refractivity (Wildman–Crippen MR) is 89.6 cm³/mol. The first-order chi connectivity index (χ1) is 11.0. The fourth-order valence-electron chi connectivity index (χ4n) is 2.27. The molecule has 1 heterocycles. The largest absolute Gasteiger partial charge is 0.447 e. The molecule has 5 nitrogen and oxygen atoms in total. The summed E-state index contributed by atoms with van der Waals surface area (Å²) in [5.41, 5.74) is 1.53. The Kier molecular flexibility index (Phi) is 4.41. The first kappa shape index (κ1) is 15.6. The summed E-state index contributed by atoms with van der Waals surface area (Å²) < 4.78 is 4.90. The van der Waals surface area contributed by atoms with E-state index in [1.807, 2.05) is 0 Å². The molecular formula is C16H12Cl2N2O3. The van der Waals surface area contributed by atoms with Crippen molar-refractivity contribution in [1.29, 1.82) is 0 Å². The summed E-state index contributed by atoms with van der Waals surface area (Å²) in [5, 5.41) is 3.59. The Bertz CT molecular complexity index is 759. The third-order valence-corrected chi connectivity index (χ3v) is 3.74. The zero-order valence-electron chi connectivity index (χ0n) is 11.9. The van der Waals surface area contributed by atoms with Crippen molar-refractivity contribution in [2.45, 2.75) is 0 Å². The summed E-state index contributed by atoms with van der Waals surface area (Å²) >= 11 is 11.8. The second-order valence-corrected chi connectivity index (χ2v) is 5.80. The summed E-state index contributed by atoms with van der Waals surface area (Å²) in [6.07, 6.45) is -0.413. The lowest BCUT2D eigenvalue weighted by Gasteiger charge is -2.14. The molecule has 2 amide bonds. The van der Waals surface area contributed by atoms with Crippen LogP contribution in [-0.2, 0) is 4.74 Å². The second kappa shape index (κ2) is 6.48.